The van der Waals surface area contributed by atoms with Gasteiger partial charge in [-0.1, -0.05) is 141 Å². The van der Waals surface area contributed by atoms with Gasteiger partial charge in [-0.25, -0.2) is 0 Å². The summed E-state index contributed by atoms with van der Waals surface area (Å²) in [7, 11) is 0. The largest absolute Gasteiger partial charge is 0.299 e. The summed E-state index contributed by atoms with van der Waals surface area (Å²) in [5, 5.41) is 0. The van der Waals surface area contributed by atoms with Gasteiger partial charge in [0.2, 0.25) is 0 Å². The monoisotopic (exact) mass is 607 g/mol. The molecule has 0 spiro atoms. The van der Waals surface area contributed by atoms with Gasteiger partial charge in [-0.2, -0.15) is 0 Å². The van der Waals surface area contributed by atoms with Crippen molar-refractivity contribution >= 4 is 23.2 Å². The van der Waals surface area contributed by atoms with Crippen molar-refractivity contribution in [2.45, 2.75) is 200 Å². The van der Waals surface area contributed by atoms with Crippen LogP contribution in [0, 0.1) is 5.92 Å². The number of rotatable bonds is 34. The summed E-state index contributed by atoms with van der Waals surface area (Å²) in [6.45, 7) is 4.54. The lowest BCUT2D eigenvalue weighted by molar-refractivity contribution is -0.133. The van der Waals surface area contributed by atoms with E-state index in [-0.39, 0.29) is 11.6 Å². The van der Waals surface area contributed by atoms with Crippen molar-refractivity contribution < 1.29 is 9.59 Å². The molecule has 0 fully saturated rings. The molecule has 3 heteroatoms. The highest BCUT2D eigenvalue weighted by Gasteiger charge is 2.24. The van der Waals surface area contributed by atoms with E-state index in [0.29, 0.717) is 25.1 Å². The minimum atomic E-state index is -0.462. The molecule has 0 bridgehead atoms. The molecule has 0 N–H and O–H groups in total. The molecule has 0 aromatic rings. The Hall–Kier alpha value is -0.890. The zero-order valence-electron chi connectivity index (χ0n) is 28.3. The van der Waals surface area contributed by atoms with E-state index >= 15 is 0 Å². The molecule has 0 amide bonds. The standard InChI is InChI=1S/C39H71ClO2/c1-3-5-7-9-11-13-15-17-19-21-23-25-27-29-31-33-38(41)37(35-36-40)39(42)34-32-30-28-26-24-22-20-18-16-14-12-10-8-6-4-2/h17-20,37H,3-16,21-36H2,1-2H3/b19-17-,20-18-. The van der Waals surface area contributed by atoms with Gasteiger partial charge in [-0.05, 0) is 70.6 Å². The number of halogens is 1. The molecular formula is C39H71ClO2. The third-order valence-corrected chi connectivity index (χ3v) is 8.76. The maximum atomic E-state index is 12.8. The summed E-state index contributed by atoms with van der Waals surface area (Å²) < 4.78 is 0. The lowest BCUT2D eigenvalue weighted by Gasteiger charge is -2.13. The highest BCUT2D eigenvalue weighted by Crippen LogP contribution is 2.18. The normalized spacial score (nSPS) is 11.9. The van der Waals surface area contributed by atoms with Gasteiger partial charge in [0, 0.05) is 18.7 Å². The third-order valence-electron chi connectivity index (χ3n) is 8.55. The molecule has 246 valence electrons. The van der Waals surface area contributed by atoms with Crippen molar-refractivity contribution in [1.82, 2.24) is 0 Å². The van der Waals surface area contributed by atoms with Crippen LogP contribution in [0.25, 0.3) is 0 Å². The Morgan fingerprint density at radius 3 is 1.05 bits per heavy atom. The second-order valence-corrected chi connectivity index (χ2v) is 13.0. The fourth-order valence-corrected chi connectivity index (χ4v) is 5.92. The van der Waals surface area contributed by atoms with Gasteiger partial charge in [-0.3, -0.25) is 9.59 Å². The molecule has 0 atom stereocenters. The Kier molecular flexibility index (Phi) is 33.9. The van der Waals surface area contributed by atoms with Crippen molar-refractivity contribution in [3.05, 3.63) is 24.3 Å². The summed E-state index contributed by atoms with van der Waals surface area (Å²) in [6.07, 6.45) is 43.5. The van der Waals surface area contributed by atoms with Crippen LogP contribution in [0.15, 0.2) is 24.3 Å². The number of unbranched alkanes of at least 4 members (excludes halogenated alkanes) is 22. The van der Waals surface area contributed by atoms with Gasteiger partial charge in [0.05, 0.1) is 5.92 Å². The van der Waals surface area contributed by atoms with E-state index in [2.05, 4.69) is 38.2 Å². The molecule has 2 nitrogen and oxygen atoms in total. The van der Waals surface area contributed by atoms with E-state index < -0.39 is 5.92 Å². The number of ketones is 2. The quantitative estimate of drug-likeness (QED) is 0.0316. The zero-order chi connectivity index (χ0) is 30.8. The van der Waals surface area contributed by atoms with Crippen LogP contribution in [0.4, 0.5) is 0 Å². The van der Waals surface area contributed by atoms with Gasteiger partial charge in [0.15, 0.2) is 0 Å². The first-order valence-electron chi connectivity index (χ1n) is 18.6. The molecule has 0 radical (unpaired) electrons. The van der Waals surface area contributed by atoms with Crippen molar-refractivity contribution in [3.63, 3.8) is 0 Å². The Morgan fingerprint density at radius 1 is 0.452 bits per heavy atom. The van der Waals surface area contributed by atoms with Crippen molar-refractivity contribution in [1.29, 1.82) is 0 Å². The van der Waals surface area contributed by atoms with Crippen molar-refractivity contribution in [3.8, 4) is 0 Å². The molecule has 0 unspecified atom stereocenters. The number of alkyl halides is 1. The molecular weight excluding hydrogens is 536 g/mol. The van der Waals surface area contributed by atoms with Crippen LogP contribution in [-0.4, -0.2) is 17.4 Å². The molecule has 0 heterocycles. The number of hydrogen-bond donors (Lipinski definition) is 0. The summed E-state index contributed by atoms with van der Waals surface area (Å²) in [5.74, 6) is 0.189. The van der Waals surface area contributed by atoms with Crippen LogP contribution in [0.2, 0.25) is 0 Å². The Balaban J connectivity index is 3.74. The number of carbonyl (C=O) groups is 2. The second kappa shape index (κ2) is 34.6. The van der Waals surface area contributed by atoms with E-state index in [0.717, 1.165) is 25.7 Å². The molecule has 0 saturated carbocycles. The average molecular weight is 607 g/mol. The van der Waals surface area contributed by atoms with E-state index in [9.17, 15) is 9.59 Å². The average Bonchev–Trinajstić information content (AvgIpc) is 2.99. The number of allylic oxidation sites excluding steroid dienone is 4. The maximum Gasteiger partial charge on any atom is 0.143 e. The highest BCUT2D eigenvalue weighted by molar-refractivity contribution is 6.18. The summed E-state index contributed by atoms with van der Waals surface area (Å²) in [5.41, 5.74) is 0. The van der Waals surface area contributed by atoms with Gasteiger partial charge >= 0.3 is 0 Å². The third kappa shape index (κ3) is 29.2. The van der Waals surface area contributed by atoms with Crippen molar-refractivity contribution in [2.75, 3.05) is 5.88 Å². The van der Waals surface area contributed by atoms with Crippen molar-refractivity contribution in [2.24, 2.45) is 5.92 Å². The summed E-state index contributed by atoms with van der Waals surface area (Å²) in [4.78, 5) is 25.5. The molecule has 0 aliphatic carbocycles. The summed E-state index contributed by atoms with van der Waals surface area (Å²) in [6, 6.07) is 0. The second-order valence-electron chi connectivity index (χ2n) is 12.6. The van der Waals surface area contributed by atoms with Gasteiger partial charge in [0.1, 0.15) is 11.6 Å². The van der Waals surface area contributed by atoms with Crippen LogP contribution >= 0.6 is 11.6 Å². The zero-order valence-corrected chi connectivity index (χ0v) is 29.1. The fraction of sp³-hybridized carbons (Fsp3) is 0.846. The summed E-state index contributed by atoms with van der Waals surface area (Å²) >= 11 is 5.96. The van der Waals surface area contributed by atoms with Crippen LogP contribution in [0.3, 0.4) is 0 Å². The first-order valence-corrected chi connectivity index (χ1v) is 19.1. The molecule has 0 saturated heterocycles. The smallest absolute Gasteiger partial charge is 0.143 e. The Morgan fingerprint density at radius 2 is 0.738 bits per heavy atom. The van der Waals surface area contributed by atoms with E-state index in [1.807, 2.05) is 0 Å². The van der Waals surface area contributed by atoms with Crippen LogP contribution < -0.4 is 0 Å². The lowest BCUT2D eigenvalue weighted by atomic mass is 9.89. The van der Waals surface area contributed by atoms with Crippen LogP contribution in [-0.2, 0) is 9.59 Å². The molecule has 0 aliphatic heterocycles. The van der Waals surface area contributed by atoms with Crippen LogP contribution in [0.5, 0.6) is 0 Å². The van der Waals surface area contributed by atoms with E-state index in [1.165, 1.54) is 141 Å². The number of carbonyl (C=O) groups excluding carboxylic acids is 2. The molecule has 0 aromatic carbocycles. The Labute approximate surface area is 268 Å². The lowest BCUT2D eigenvalue weighted by Crippen LogP contribution is -2.24. The first kappa shape index (κ1) is 41.1. The number of Topliss-reactive ketones (excluding diaryl/α,β-unsaturated/α-hetero) is 2. The maximum absolute atomic E-state index is 12.8. The topological polar surface area (TPSA) is 34.1 Å². The first-order chi connectivity index (χ1) is 20.7. The van der Waals surface area contributed by atoms with E-state index in [4.69, 9.17) is 11.6 Å². The molecule has 42 heavy (non-hydrogen) atoms. The molecule has 0 rings (SSSR count). The van der Waals surface area contributed by atoms with Gasteiger partial charge < -0.3 is 0 Å². The fourth-order valence-electron chi connectivity index (χ4n) is 5.70. The van der Waals surface area contributed by atoms with E-state index in [1.54, 1.807) is 0 Å². The van der Waals surface area contributed by atoms with Gasteiger partial charge in [0.25, 0.3) is 0 Å². The Bertz CT molecular complexity index is 586. The minimum Gasteiger partial charge on any atom is -0.299 e. The van der Waals surface area contributed by atoms with Crippen LogP contribution in [0.1, 0.15) is 200 Å². The molecule has 0 aliphatic rings. The highest BCUT2D eigenvalue weighted by atomic mass is 35.5. The predicted molar refractivity (Wildman–Crippen MR) is 188 cm³/mol. The van der Waals surface area contributed by atoms with Gasteiger partial charge in [-0.15, -0.1) is 11.6 Å². The predicted octanol–water partition coefficient (Wildman–Crippen LogP) is 13.4. The molecule has 0 aromatic heterocycles. The minimum absolute atomic E-state index is 0.131. The SMILES string of the molecule is CCCCCCCC/C=C\CCCCCCCC(=O)C(CCCl)C(=O)CCCCCCC/C=C\CCCCCCCC. The number of hydrogen-bond acceptors (Lipinski definition) is 2.